The number of guanidine groups is 2. The Bertz CT molecular complexity index is 3420. The van der Waals surface area contributed by atoms with E-state index >= 15 is 0 Å². The minimum Gasteiger partial charge on any atom is -0.489 e. The Morgan fingerprint density at radius 1 is 0.389 bits per heavy atom. The van der Waals surface area contributed by atoms with Crippen LogP contribution in [0.15, 0.2) is 46.6 Å². The number of hydrogen-bond donors (Lipinski definition) is 8. The average Bonchev–Trinajstić information content (AvgIpc) is 0.796. The van der Waals surface area contributed by atoms with Crippen molar-refractivity contribution in [3.63, 3.8) is 0 Å². The number of unbranched alkanes of at least 4 members (excludes halogenated alkanes) is 2. The SMILES string of the molecule is CN(CCCOc1c(NC(=O)CCCCN=C(NC(=O)OC(C)(C)C)NC(=O)OC(C)(C)C)cc(C(F)(F)F)cc1NC(=O)c1cc(C(=O)Nc2cc(C(F)(F)F)cc(NC(=O)CCCCN=C(NC(=O)OC(C)(C)C)NC(=O)OC(C)(C)C)c2OCCCN(C)C(=O)OC(C)(C)C)ncn1)C(=O)OC(C)(C)C. The van der Waals surface area contributed by atoms with Gasteiger partial charge in [-0.05, 0) is 187 Å². The Labute approximate surface area is 623 Å². The van der Waals surface area contributed by atoms with Gasteiger partial charge in [-0.3, -0.25) is 50.4 Å². The highest BCUT2D eigenvalue weighted by molar-refractivity contribution is 6.09. The molecule has 1 heterocycles. The van der Waals surface area contributed by atoms with Gasteiger partial charge >= 0.3 is 48.9 Å². The molecule has 0 aliphatic heterocycles. The van der Waals surface area contributed by atoms with Crippen molar-refractivity contribution in [2.75, 3.05) is 74.8 Å². The number of ether oxygens (including phenoxy) is 8. The zero-order chi connectivity index (χ0) is 82.1. The monoisotopic (exact) mass is 1540 g/mol. The van der Waals surface area contributed by atoms with Gasteiger partial charge in [-0.15, -0.1) is 0 Å². The van der Waals surface area contributed by atoms with Gasteiger partial charge in [0.1, 0.15) is 51.3 Å². The molecule has 0 saturated carbocycles. The highest BCUT2D eigenvalue weighted by Crippen LogP contribution is 2.43. The normalized spacial score (nSPS) is 11.9. The number of aromatic nitrogens is 2. The number of halogens is 6. The Morgan fingerprint density at radius 2 is 0.667 bits per heavy atom. The number of carbonyl (C=O) groups is 10. The molecule has 1 aromatic heterocycles. The van der Waals surface area contributed by atoms with Crippen LogP contribution in [-0.4, -0.2) is 179 Å². The summed E-state index contributed by atoms with van der Waals surface area (Å²) in [6, 6.07) is 2.76. The zero-order valence-electron chi connectivity index (χ0n) is 64.7. The number of carbonyl (C=O) groups excluding carboxylic acids is 10. The second-order valence-electron chi connectivity index (χ2n) is 30.2. The molecule has 0 bridgehead atoms. The number of nitrogens with zero attached hydrogens (tertiary/aromatic N) is 6. The van der Waals surface area contributed by atoms with E-state index in [0.717, 1.165) is 6.07 Å². The Balaban J connectivity index is 2.09. The lowest BCUT2D eigenvalue weighted by Crippen LogP contribution is -2.47. The molecule has 32 nitrogen and oxygen atoms in total. The standard InChI is InChI=1S/C70H102F6N14O18/c1-63(2,3)103-57(95)85-55(86-58(96)104-64(4,5)6)77-29-23-21-27-49(91)81-43-35-41(69(71,72)73)37-45(51(43)101-33-25-31-89(19)61(99)107-67(13,14)15)83-53(93)47-39-48(80-40-79-47)54(94)84-46-38-42(70(74,75)76)36-44(52(46)102-34-26-32-90(20)62(100)108-68(16,17)18)82-50(92)28-22-24-30-78-56(87-59(97)105-65(7,8)9)88-60(98)106-66(10,11)12/h35-40H,21-34H2,1-20H3,(H,81,91)(H,82,92)(H,83,93)(H,84,94)(H2,77,85,86,95,96)(H2,78,87,88,97,98). The topological polar surface area (TPSA) is 398 Å². The zero-order valence-corrected chi connectivity index (χ0v) is 64.7. The molecule has 8 N–H and O–H groups in total. The number of alkyl halides is 6. The van der Waals surface area contributed by atoms with Crippen LogP contribution in [-0.2, 0) is 50.4 Å². The van der Waals surface area contributed by atoms with E-state index in [1.54, 1.807) is 125 Å². The highest BCUT2D eigenvalue weighted by Gasteiger charge is 2.36. The molecule has 0 fully saturated rings. The van der Waals surface area contributed by atoms with Crippen molar-refractivity contribution in [3.8, 4) is 11.5 Å². The maximum Gasteiger partial charge on any atom is 0.416 e. The quantitative estimate of drug-likeness (QED) is 0.0122. The summed E-state index contributed by atoms with van der Waals surface area (Å²) in [7, 11) is 2.83. The van der Waals surface area contributed by atoms with E-state index in [-0.39, 0.29) is 103 Å². The van der Waals surface area contributed by atoms with Gasteiger partial charge in [0.05, 0.1) is 47.1 Å². The van der Waals surface area contributed by atoms with Crippen molar-refractivity contribution >= 4 is 94.9 Å². The number of aliphatic imine (C=N–C) groups is 2. The number of nitrogens with one attached hydrogen (secondary N) is 8. The van der Waals surface area contributed by atoms with E-state index < -0.39 is 163 Å². The molecule has 0 aliphatic carbocycles. The van der Waals surface area contributed by atoms with Crippen LogP contribution in [0.1, 0.15) is 208 Å². The van der Waals surface area contributed by atoms with Gasteiger partial charge in [0, 0.05) is 59.2 Å². The summed E-state index contributed by atoms with van der Waals surface area (Å²) in [5.41, 5.74) is -12.5. The van der Waals surface area contributed by atoms with Gasteiger partial charge in [-0.2, -0.15) is 26.3 Å². The molecule has 0 aliphatic rings. The molecule has 2 aromatic carbocycles. The fraction of sp³-hybridized carbons (Fsp3) is 0.600. The summed E-state index contributed by atoms with van der Waals surface area (Å²) >= 11 is 0. The molecule has 3 aromatic rings. The van der Waals surface area contributed by atoms with Crippen molar-refractivity contribution in [3.05, 3.63) is 59.2 Å². The predicted octanol–water partition coefficient (Wildman–Crippen LogP) is 13.3. The number of alkyl carbamates (subject to hydrolysis) is 4. The van der Waals surface area contributed by atoms with E-state index in [9.17, 15) is 74.3 Å². The van der Waals surface area contributed by atoms with Crippen molar-refractivity contribution in [2.24, 2.45) is 9.98 Å². The van der Waals surface area contributed by atoms with Crippen molar-refractivity contribution in [1.82, 2.24) is 41.0 Å². The van der Waals surface area contributed by atoms with E-state index in [4.69, 9.17) is 37.9 Å². The fourth-order valence-electron chi connectivity index (χ4n) is 8.48. The predicted molar refractivity (Wildman–Crippen MR) is 386 cm³/mol. The summed E-state index contributed by atoms with van der Waals surface area (Å²) in [6.07, 6.45) is -15.5. The van der Waals surface area contributed by atoms with E-state index in [1.165, 1.54) is 23.9 Å². The van der Waals surface area contributed by atoms with E-state index in [0.29, 0.717) is 30.6 Å². The van der Waals surface area contributed by atoms with Gasteiger partial charge in [-0.1, -0.05) is 0 Å². The third kappa shape index (κ3) is 37.2. The molecular formula is C70H102F6N14O18. The first-order chi connectivity index (χ1) is 49.4. The Hall–Kier alpha value is -10.5. The van der Waals surface area contributed by atoms with Crippen LogP contribution < -0.4 is 52.0 Å². The number of amides is 10. The summed E-state index contributed by atoms with van der Waals surface area (Å²) in [5.74, 6) is -6.19. The molecule has 108 heavy (non-hydrogen) atoms. The lowest BCUT2D eigenvalue weighted by atomic mass is 10.1. The van der Waals surface area contributed by atoms with Crippen molar-refractivity contribution < 1.29 is 112 Å². The Kier molecular flexibility index (Phi) is 33.5. The fourth-order valence-corrected chi connectivity index (χ4v) is 8.48. The Morgan fingerprint density at radius 3 is 0.935 bits per heavy atom. The number of hydrogen-bond acceptors (Lipinski definition) is 22. The lowest BCUT2D eigenvalue weighted by molar-refractivity contribution is -0.138. The first kappa shape index (κ1) is 91.7. The minimum atomic E-state index is -5.16. The van der Waals surface area contributed by atoms with Gasteiger partial charge in [-0.25, -0.2) is 38.7 Å². The molecule has 0 unspecified atom stereocenters. The minimum absolute atomic E-state index is 0.00942. The van der Waals surface area contributed by atoms with Crippen LogP contribution in [0.3, 0.4) is 0 Å². The van der Waals surface area contributed by atoms with Gasteiger partial charge < -0.3 is 69.0 Å². The number of benzene rings is 2. The third-order valence-corrected chi connectivity index (χ3v) is 12.8. The largest absolute Gasteiger partial charge is 0.489 e. The molecule has 0 radical (unpaired) electrons. The molecule has 602 valence electrons. The summed E-state index contributed by atoms with van der Waals surface area (Å²) in [6.45, 7) is 28.0. The molecule has 38 heteroatoms. The second kappa shape index (κ2) is 39.4. The van der Waals surface area contributed by atoms with Gasteiger partial charge in [0.15, 0.2) is 11.5 Å². The van der Waals surface area contributed by atoms with Crippen molar-refractivity contribution in [2.45, 2.75) is 222 Å². The summed E-state index contributed by atoms with van der Waals surface area (Å²) in [5, 5.41) is 18.6. The van der Waals surface area contributed by atoms with Crippen LogP contribution in [0, 0.1) is 0 Å². The molecule has 3 rings (SSSR count). The van der Waals surface area contributed by atoms with Gasteiger partial charge in [0.25, 0.3) is 11.8 Å². The molecular weight excluding hydrogens is 1440 g/mol. The molecule has 0 saturated heterocycles. The maximum atomic E-state index is 14.9. The smallest absolute Gasteiger partial charge is 0.416 e. The summed E-state index contributed by atoms with van der Waals surface area (Å²) < 4.78 is 133. The van der Waals surface area contributed by atoms with Crippen LogP contribution >= 0.6 is 0 Å². The van der Waals surface area contributed by atoms with Crippen LogP contribution in [0.5, 0.6) is 11.5 Å². The average molecular weight is 1540 g/mol. The number of rotatable bonds is 26. The first-order valence-corrected chi connectivity index (χ1v) is 34.2. The van der Waals surface area contributed by atoms with E-state index in [2.05, 4.69) is 62.5 Å². The van der Waals surface area contributed by atoms with E-state index in [1.807, 2.05) is 0 Å². The van der Waals surface area contributed by atoms with Crippen molar-refractivity contribution in [1.29, 1.82) is 0 Å². The second-order valence-corrected chi connectivity index (χ2v) is 30.2. The lowest BCUT2D eigenvalue weighted by Gasteiger charge is -2.25. The van der Waals surface area contributed by atoms with Crippen LogP contribution in [0.4, 0.5) is 77.9 Å². The molecule has 10 amide bonds. The third-order valence-electron chi connectivity index (χ3n) is 12.8. The summed E-state index contributed by atoms with van der Waals surface area (Å²) in [4.78, 5) is 151. The highest BCUT2D eigenvalue weighted by atomic mass is 19.4. The van der Waals surface area contributed by atoms with Gasteiger partial charge in [0.2, 0.25) is 23.7 Å². The van der Waals surface area contributed by atoms with Crippen LogP contribution in [0.2, 0.25) is 0 Å². The first-order valence-electron chi connectivity index (χ1n) is 34.2. The molecule has 0 atom stereocenters. The molecule has 0 spiro atoms. The maximum absolute atomic E-state index is 14.9. The van der Waals surface area contributed by atoms with Crippen LogP contribution in [0.25, 0.3) is 0 Å². The number of anilines is 4.